The lowest BCUT2D eigenvalue weighted by molar-refractivity contribution is 0.0950. The van der Waals surface area contributed by atoms with E-state index in [2.05, 4.69) is 25.7 Å². The number of hydrazone groups is 1. The van der Waals surface area contributed by atoms with Crippen molar-refractivity contribution in [1.29, 1.82) is 0 Å². The van der Waals surface area contributed by atoms with Crippen LogP contribution in [0.3, 0.4) is 0 Å². The molecule has 0 aliphatic rings. The molecular formula is C18H17N5O3. The SMILES string of the molecule is COc1ccc(/C=N\NC(=O)c2ccn[nH]2)cc1COc1ccccn1. The molecule has 2 heterocycles. The predicted octanol–water partition coefficient (Wildman–Crippen LogP) is 2.16. The van der Waals surface area contributed by atoms with E-state index in [9.17, 15) is 4.79 Å². The highest BCUT2D eigenvalue weighted by Gasteiger charge is 2.07. The lowest BCUT2D eigenvalue weighted by Crippen LogP contribution is -2.18. The molecule has 0 saturated carbocycles. The van der Waals surface area contributed by atoms with Gasteiger partial charge in [0, 0.05) is 24.0 Å². The van der Waals surface area contributed by atoms with E-state index in [1.54, 1.807) is 25.4 Å². The zero-order chi connectivity index (χ0) is 18.2. The summed E-state index contributed by atoms with van der Waals surface area (Å²) in [6.07, 6.45) is 4.70. The Morgan fingerprint density at radius 1 is 1.27 bits per heavy atom. The van der Waals surface area contributed by atoms with Crippen LogP contribution >= 0.6 is 0 Å². The van der Waals surface area contributed by atoms with E-state index in [4.69, 9.17) is 9.47 Å². The van der Waals surface area contributed by atoms with Crippen molar-refractivity contribution in [3.63, 3.8) is 0 Å². The van der Waals surface area contributed by atoms with Gasteiger partial charge in [-0.1, -0.05) is 6.07 Å². The number of nitrogens with zero attached hydrogens (tertiary/aromatic N) is 3. The summed E-state index contributed by atoms with van der Waals surface area (Å²) in [5.41, 5.74) is 4.38. The van der Waals surface area contributed by atoms with E-state index >= 15 is 0 Å². The van der Waals surface area contributed by atoms with Crippen molar-refractivity contribution < 1.29 is 14.3 Å². The Kier molecular flexibility index (Phi) is 5.56. The van der Waals surface area contributed by atoms with Crippen LogP contribution in [0.15, 0.2) is 60.0 Å². The van der Waals surface area contributed by atoms with Gasteiger partial charge in [-0.05, 0) is 35.9 Å². The van der Waals surface area contributed by atoms with Gasteiger partial charge in [-0.3, -0.25) is 9.89 Å². The van der Waals surface area contributed by atoms with Crippen LogP contribution < -0.4 is 14.9 Å². The molecule has 0 radical (unpaired) electrons. The molecule has 0 fully saturated rings. The highest BCUT2D eigenvalue weighted by molar-refractivity contribution is 5.93. The maximum atomic E-state index is 11.8. The van der Waals surface area contributed by atoms with Gasteiger partial charge in [-0.25, -0.2) is 10.4 Å². The average molecular weight is 351 g/mol. The van der Waals surface area contributed by atoms with E-state index < -0.39 is 0 Å². The topological polar surface area (TPSA) is 101 Å². The van der Waals surface area contributed by atoms with Crippen molar-refractivity contribution in [1.82, 2.24) is 20.6 Å². The van der Waals surface area contributed by atoms with Gasteiger partial charge < -0.3 is 9.47 Å². The fraction of sp³-hybridized carbons (Fsp3) is 0.111. The number of methoxy groups -OCH3 is 1. The van der Waals surface area contributed by atoms with Crippen LogP contribution in [-0.2, 0) is 6.61 Å². The van der Waals surface area contributed by atoms with Crippen molar-refractivity contribution in [3.05, 3.63) is 71.7 Å². The van der Waals surface area contributed by atoms with E-state index in [0.29, 0.717) is 23.9 Å². The van der Waals surface area contributed by atoms with Crippen molar-refractivity contribution in [2.45, 2.75) is 6.61 Å². The molecule has 1 amide bonds. The summed E-state index contributed by atoms with van der Waals surface area (Å²) in [4.78, 5) is 15.9. The van der Waals surface area contributed by atoms with Gasteiger partial charge in [0.1, 0.15) is 18.1 Å². The van der Waals surface area contributed by atoms with E-state index in [1.807, 2.05) is 30.3 Å². The minimum Gasteiger partial charge on any atom is -0.496 e. The number of aromatic amines is 1. The number of aromatic nitrogens is 3. The zero-order valence-electron chi connectivity index (χ0n) is 14.0. The molecule has 132 valence electrons. The molecule has 0 atom stereocenters. The molecule has 0 aliphatic carbocycles. The van der Waals surface area contributed by atoms with Gasteiger partial charge in [0.2, 0.25) is 5.88 Å². The van der Waals surface area contributed by atoms with Gasteiger partial charge in [-0.2, -0.15) is 10.2 Å². The second-order valence-electron chi connectivity index (χ2n) is 5.20. The number of carbonyl (C=O) groups is 1. The van der Waals surface area contributed by atoms with Gasteiger partial charge in [0.05, 0.1) is 13.3 Å². The van der Waals surface area contributed by atoms with Crippen molar-refractivity contribution in [2.75, 3.05) is 7.11 Å². The standard InChI is InChI=1S/C18H17N5O3/c1-25-16-6-5-13(11-21-23-18(24)15-7-9-20-22-15)10-14(16)12-26-17-4-2-3-8-19-17/h2-11H,12H2,1H3,(H,20,22)(H,23,24)/b21-11-. The Hall–Kier alpha value is -3.68. The fourth-order valence-electron chi connectivity index (χ4n) is 2.18. The van der Waals surface area contributed by atoms with Crippen LogP contribution in [0.25, 0.3) is 0 Å². The van der Waals surface area contributed by atoms with Crippen LogP contribution in [-0.4, -0.2) is 34.4 Å². The van der Waals surface area contributed by atoms with Crippen molar-refractivity contribution in [2.24, 2.45) is 5.10 Å². The number of pyridine rings is 1. The number of hydrogen-bond acceptors (Lipinski definition) is 6. The summed E-state index contributed by atoms with van der Waals surface area (Å²) in [7, 11) is 1.60. The van der Waals surface area contributed by atoms with Crippen LogP contribution in [0.4, 0.5) is 0 Å². The molecule has 3 rings (SSSR count). The van der Waals surface area contributed by atoms with Crippen molar-refractivity contribution >= 4 is 12.1 Å². The first-order valence-electron chi connectivity index (χ1n) is 7.80. The zero-order valence-corrected chi connectivity index (χ0v) is 14.0. The molecule has 26 heavy (non-hydrogen) atoms. The number of rotatable bonds is 7. The maximum Gasteiger partial charge on any atom is 0.289 e. The first-order chi connectivity index (χ1) is 12.8. The number of nitrogens with one attached hydrogen (secondary N) is 2. The molecule has 8 nitrogen and oxygen atoms in total. The second-order valence-corrected chi connectivity index (χ2v) is 5.20. The summed E-state index contributed by atoms with van der Waals surface area (Å²) in [5, 5.41) is 10.2. The van der Waals surface area contributed by atoms with Gasteiger partial charge >= 0.3 is 0 Å². The molecule has 2 N–H and O–H groups in total. The Morgan fingerprint density at radius 3 is 2.92 bits per heavy atom. The minimum atomic E-state index is -0.369. The van der Waals surface area contributed by atoms with Gasteiger partial charge in [-0.15, -0.1) is 0 Å². The molecule has 0 spiro atoms. The molecule has 0 unspecified atom stereocenters. The number of ether oxygens (including phenoxy) is 2. The van der Waals surface area contributed by atoms with Crippen molar-refractivity contribution in [3.8, 4) is 11.6 Å². The third-order valence-electron chi connectivity index (χ3n) is 3.44. The normalized spacial score (nSPS) is 10.7. The predicted molar refractivity (Wildman–Crippen MR) is 95.2 cm³/mol. The number of benzene rings is 1. The third kappa shape index (κ3) is 4.44. The van der Waals surface area contributed by atoms with Gasteiger partial charge in [0.15, 0.2) is 0 Å². The Labute approximate surface area is 149 Å². The molecule has 0 bridgehead atoms. The Bertz CT molecular complexity index is 879. The lowest BCUT2D eigenvalue weighted by Gasteiger charge is -2.10. The minimum absolute atomic E-state index is 0.294. The molecule has 3 aromatic rings. The van der Waals surface area contributed by atoms with Crippen LogP contribution in [0.2, 0.25) is 0 Å². The average Bonchev–Trinajstić information content (AvgIpc) is 3.22. The summed E-state index contributed by atoms with van der Waals surface area (Å²) >= 11 is 0. The van der Waals surface area contributed by atoms with E-state index in [1.165, 1.54) is 12.4 Å². The number of hydrogen-bond donors (Lipinski definition) is 2. The summed E-state index contributed by atoms with van der Waals surface area (Å²) in [6, 6.07) is 12.5. The number of carbonyl (C=O) groups excluding carboxylic acids is 1. The molecular weight excluding hydrogens is 334 g/mol. The fourth-order valence-corrected chi connectivity index (χ4v) is 2.18. The largest absolute Gasteiger partial charge is 0.496 e. The Morgan fingerprint density at radius 2 is 2.19 bits per heavy atom. The quantitative estimate of drug-likeness (QED) is 0.502. The van der Waals surface area contributed by atoms with Gasteiger partial charge in [0.25, 0.3) is 5.91 Å². The third-order valence-corrected chi connectivity index (χ3v) is 3.44. The molecule has 8 heteroatoms. The summed E-state index contributed by atoms with van der Waals surface area (Å²) in [6.45, 7) is 0.294. The monoisotopic (exact) mass is 351 g/mol. The number of H-pyrrole nitrogens is 1. The highest BCUT2D eigenvalue weighted by atomic mass is 16.5. The number of amides is 1. The Balaban J connectivity index is 1.66. The molecule has 1 aromatic carbocycles. The first kappa shape index (κ1) is 17.2. The maximum absolute atomic E-state index is 11.8. The molecule has 0 aliphatic heterocycles. The summed E-state index contributed by atoms with van der Waals surface area (Å²) < 4.78 is 11.0. The second kappa shape index (κ2) is 8.43. The molecule has 0 saturated heterocycles. The highest BCUT2D eigenvalue weighted by Crippen LogP contribution is 2.21. The van der Waals surface area contributed by atoms with E-state index in [-0.39, 0.29) is 5.91 Å². The van der Waals surface area contributed by atoms with Crippen LogP contribution in [0, 0.1) is 0 Å². The first-order valence-corrected chi connectivity index (χ1v) is 7.80. The summed E-state index contributed by atoms with van der Waals surface area (Å²) in [5.74, 6) is 0.853. The smallest absolute Gasteiger partial charge is 0.289 e. The van der Waals surface area contributed by atoms with Crippen LogP contribution in [0.1, 0.15) is 21.6 Å². The van der Waals surface area contributed by atoms with Crippen LogP contribution in [0.5, 0.6) is 11.6 Å². The molecule has 2 aromatic heterocycles. The lowest BCUT2D eigenvalue weighted by atomic mass is 10.1. The van der Waals surface area contributed by atoms with E-state index in [0.717, 1.165) is 11.1 Å².